The summed E-state index contributed by atoms with van der Waals surface area (Å²) in [6.45, 7) is 1.88. The number of esters is 1. The number of benzene rings is 2. The minimum absolute atomic E-state index is 0.0512. The molecule has 0 radical (unpaired) electrons. The van der Waals surface area contributed by atoms with Crippen LogP contribution in [0.3, 0.4) is 0 Å². The molecule has 0 unspecified atom stereocenters. The summed E-state index contributed by atoms with van der Waals surface area (Å²) in [4.78, 5) is 33.9. The fraction of sp³-hybridized carbons (Fsp3) is 0.200. The molecule has 0 spiro atoms. The van der Waals surface area contributed by atoms with Crippen molar-refractivity contribution in [1.82, 2.24) is 5.32 Å². The zero-order chi connectivity index (χ0) is 20.4. The third-order valence-electron chi connectivity index (χ3n) is 3.46. The Kier molecular flexibility index (Phi) is 7.54. The van der Waals surface area contributed by atoms with E-state index >= 15 is 0 Å². The van der Waals surface area contributed by atoms with E-state index in [2.05, 4.69) is 17.2 Å². The molecular formula is C20H18N2O6. The molecule has 144 valence electrons. The SMILES string of the molecule is CCOC(=O)c1ccc(C#CCNC(=O)OCc2ccccc2)c([N+](=O)[O-])c1. The van der Waals surface area contributed by atoms with Crippen molar-refractivity contribution in [3.63, 3.8) is 0 Å². The quantitative estimate of drug-likeness (QED) is 0.356. The molecule has 0 saturated carbocycles. The molecule has 0 aliphatic heterocycles. The van der Waals surface area contributed by atoms with Gasteiger partial charge in [-0.3, -0.25) is 10.1 Å². The van der Waals surface area contributed by atoms with Gasteiger partial charge in [0.1, 0.15) is 12.2 Å². The Hall–Kier alpha value is -3.86. The number of ether oxygens (including phenoxy) is 2. The minimum Gasteiger partial charge on any atom is -0.462 e. The topological polar surface area (TPSA) is 108 Å². The predicted molar refractivity (Wildman–Crippen MR) is 101 cm³/mol. The third-order valence-corrected chi connectivity index (χ3v) is 3.46. The number of carbonyl (C=O) groups excluding carboxylic acids is 2. The molecule has 2 aromatic carbocycles. The van der Waals surface area contributed by atoms with Gasteiger partial charge < -0.3 is 14.8 Å². The number of nitrogens with one attached hydrogen (secondary N) is 1. The highest BCUT2D eigenvalue weighted by molar-refractivity contribution is 5.90. The molecule has 2 aromatic rings. The maximum Gasteiger partial charge on any atom is 0.408 e. The van der Waals surface area contributed by atoms with Crippen LogP contribution in [0.15, 0.2) is 48.5 Å². The molecule has 2 rings (SSSR count). The molecule has 1 amide bonds. The summed E-state index contributed by atoms with van der Waals surface area (Å²) >= 11 is 0. The lowest BCUT2D eigenvalue weighted by Crippen LogP contribution is -2.24. The van der Waals surface area contributed by atoms with Crippen LogP contribution in [0.25, 0.3) is 0 Å². The fourth-order valence-electron chi connectivity index (χ4n) is 2.16. The number of nitrogens with zero attached hydrogens (tertiary/aromatic N) is 1. The van der Waals surface area contributed by atoms with Crippen molar-refractivity contribution in [2.24, 2.45) is 0 Å². The maximum absolute atomic E-state index is 11.7. The first kappa shape index (κ1) is 20.5. The molecule has 0 aliphatic carbocycles. The van der Waals surface area contributed by atoms with E-state index < -0.39 is 17.0 Å². The van der Waals surface area contributed by atoms with Gasteiger partial charge in [0.15, 0.2) is 0 Å². The number of rotatable bonds is 6. The average Bonchev–Trinajstić information content (AvgIpc) is 2.70. The summed E-state index contributed by atoms with van der Waals surface area (Å²) in [7, 11) is 0. The number of nitro groups is 1. The summed E-state index contributed by atoms with van der Waals surface area (Å²) in [5.41, 5.74) is 0.727. The first-order valence-electron chi connectivity index (χ1n) is 8.40. The molecule has 0 aromatic heterocycles. The van der Waals surface area contributed by atoms with Crippen LogP contribution in [0, 0.1) is 22.0 Å². The van der Waals surface area contributed by atoms with Crippen molar-refractivity contribution in [3.8, 4) is 11.8 Å². The first-order chi connectivity index (χ1) is 13.5. The number of hydrogen-bond acceptors (Lipinski definition) is 6. The number of hydrogen-bond donors (Lipinski definition) is 1. The van der Waals surface area contributed by atoms with Gasteiger partial charge in [0, 0.05) is 6.07 Å². The summed E-state index contributed by atoms with van der Waals surface area (Å²) in [5, 5.41) is 13.7. The van der Waals surface area contributed by atoms with Gasteiger partial charge in [0.25, 0.3) is 5.69 Å². The molecule has 0 bridgehead atoms. The van der Waals surface area contributed by atoms with Crippen LogP contribution >= 0.6 is 0 Å². The van der Waals surface area contributed by atoms with E-state index in [9.17, 15) is 19.7 Å². The van der Waals surface area contributed by atoms with E-state index in [0.29, 0.717) is 0 Å². The monoisotopic (exact) mass is 382 g/mol. The van der Waals surface area contributed by atoms with Gasteiger partial charge in [0.05, 0.1) is 23.6 Å². The second-order valence-electron chi connectivity index (χ2n) is 5.43. The highest BCUT2D eigenvalue weighted by Gasteiger charge is 2.17. The average molecular weight is 382 g/mol. The number of amides is 1. The number of alkyl carbamates (subject to hydrolysis) is 1. The molecule has 28 heavy (non-hydrogen) atoms. The lowest BCUT2D eigenvalue weighted by atomic mass is 10.1. The van der Waals surface area contributed by atoms with E-state index in [1.165, 1.54) is 12.1 Å². The Bertz CT molecular complexity index is 915. The van der Waals surface area contributed by atoms with E-state index in [1.54, 1.807) is 6.92 Å². The Balaban J connectivity index is 1.94. The van der Waals surface area contributed by atoms with Crippen LogP contribution in [0.1, 0.15) is 28.4 Å². The van der Waals surface area contributed by atoms with Gasteiger partial charge in [0.2, 0.25) is 0 Å². The van der Waals surface area contributed by atoms with Gasteiger partial charge >= 0.3 is 12.1 Å². The zero-order valence-corrected chi connectivity index (χ0v) is 15.1. The molecule has 8 heteroatoms. The van der Waals surface area contributed by atoms with Crippen molar-refractivity contribution >= 4 is 17.7 Å². The van der Waals surface area contributed by atoms with Crippen LogP contribution in [-0.4, -0.2) is 30.1 Å². The van der Waals surface area contributed by atoms with Gasteiger partial charge in [-0.05, 0) is 24.6 Å². The van der Waals surface area contributed by atoms with Crippen LogP contribution in [0.5, 0.6) is 0 Å². The summed E-state index contributed by atoms with van der Waals surface area (Å²) in [5.74, 6) is 4.58. The Morgan fingerprint density at radius 2 is 1.89 bits per heavy atom. The largest absolute Gasteiger partial charge is 0.462 e. The molecule has 0 saturated heterocycles. The summed E-state index contributed by atoms with van der Waals surface area (Å²) in [6, 6.07) is 13.1. The van der Waals surface area contributed by atoms with E-state index in [1.807, 2.05) is 30.3 Å². The van der Waals surface area contributed by atoms with Crippen LogP contribution in [0.4, 0.5) is 10.5 Å². The fourth-order valence-corrected chi connectivity index (χ4v) is 2.16. The highest BCUT2D eigenvalue weighted by Crippen LogP contribution is 2.20. The van der Waals surface area contributed by atoms with Crippen molar-refractivity contribution in [1.29, 1.82) is 0 Å². The highest BCUT2D eigenvalue weighted by atomic mass is 16.6. The minimum atomic E-state index is -0.648. The van der Waals surface area contributed by atoms with Crippen molar-refractivity contribution < 1.29 is 24.0 Å². The van der Waals surface area contributed by atoms with Gasteiger partial charge in [-0.1, -0.05) is 42.2 Å². The van der Waals surface area contributed by atoms with Crippen molar-refractivity contribution in [2.75, 3.05) is 13.2 Å². The predicted octanol–water partition coefficient (Wildman–Crippen LogP) is 3.05. The van der Waals surface area contributed by atoms with E-state index in [0.717, 1.165) is 11.6 Å². The van der Waals surface area contributed by atoms with E-state index in [-0.39, 0.29) is 36.6 Å². The number of carbonyl (C=O) groups is 2. The van der Waals surface area contributed by atoms with Crippen molar-refractivity contribution in [2.45, 2.75) is 13.5 Å². The Morgan fingerprint density at radius 1 is 1.14 bits per heavy atom. The molecule has 0 fully saturated rings. The van der Waals surface area contributed by atoms with E-state index in [4.69, 9.17) is 9.47 Å². The number of nitro benzene ring substituents is 1. The first-order valence-corrected chi connectivity index (χ1v) is 8.40. The maximum atomic E-state index is 11.7. The lowest BCUT2D eigenvalue weighted by Gasteiger charge is -2.04. The summed E-state index contributed by atoms with van der Waals surface area (Å²) < 4.78 is 9.85. The molecule has 0 heterocycles. The molecule has 0 atom stereocenters. The van der Waals surface area contributed by atoms with Gasteiger partial charge in [-0.2, -0.15) is 0 Å². The molecule has 8 nitrogen and oxygen atoms in total. The zero-order valence-electron chi connectivity index (χ0n) is 15.1. The Morgan fingerprint density at radius 3 is 2.57 bits per heavy atom. The Labute approximate surface area is 161 Å². The third kappa shape index (κ3) is 6.14. The summed E-state index contributed by atoms with van der Waals surface area (Å²) in [6.07, 6.45) is -0.648. The van der Waals surface area contributed by atoms with Crippen LogP contribution < -0.4 is 5.32 Å². The molecule has 1 N–H and O–H groups in total. The second kappa shape index (κ2) is 10.3. The van der Waals surface area contributed by atoms with Gasteiger partial charge in [-0.25, -0.2) is 9.59 Å². The lowest BCUT2D eigenvalue weighted by molar-refractivity contribution is -0.385. The standard InChI is InChI=1S/C20H18N2O6/c1-2-27-19(23)17-11-10-16(18(13-17)22(25)26)9-6-12-21-20(24)28-14-15-7-4-3-5-8-15/h3-5,7-8,10-11,13H,2,12,14H2,1H3,(H,21,24). The molecule has 0 aliphatic rings. The van der Waals surface area contributed by atoms with Gasteiger partial charge in [-0.15, -0.1) is 0 Å². The van der Waals surface area contributed by atoms with Crippen molar-refractivity contribution in [3.05, 3.63) is 75.3 Å². The normalized spacial score (nSPS) is 9.61. The smallest absolute Gasteiger partial charge is 0.408 e. The van der Waals surface area contributed by atoms with Crippen LogP contribution in [0.2, 0.25) is 0 Å². The second-order valence-corrected chi connectivity index (χ2v) is 5.43. The van der Waals surface area contributed by atoms with Crippen LogP contribution in [-0.2, 0) is 16.1 Å². The molecular weight excluding hydrogens is 364 g/mol.